The van der Waals surface area contributed by atoms with Gasteiger partial charge in [0.05, 0.1) is 12.4 Å². The fraction of sp³-hybridized carbons (Fsp3) is 0.286. The third-order valence-electron chi connectivity index (χ3n) is 3.09. The number of hydrogen-bond acceptors (Lipinski definition) is 6. The zero-order valence-electron chi connectivity index (χ0n) is 11.9. The molecule has 0 unspecified atom stereocenters. The van der Waals surface area contributed by atoms with Crippen LogP contribution in [-0.2, 0) is 6.42 Å². The SMILES string of the molecule is Cc1cc(-c2noc([C@H](N)Cc3cnc[nH]3)n2)cc(C)n1. The highest BCUT2D eigenvalue weighted by Crippen LogP contribution is 2.20. The summed E-state index contributed by atoms with van der Waals surface area (Å²) >= 11 is 0. The average molecular weight is 284 g/mol. The molecule has 0 aromatic carbocycles. The van der Waals surface area contributed by atoms with Gasteiger partial charge >= 0.3 is 0 Å². The van der Waals surface area contributed by atoms with E-state index in [2.05, 4.69) is 25.1 Å². The zero-order chi connectivity index (χ0) is 14.8. The molecule has 0 fully saturated rings. The number of nitrogens with zero attached hydrogens (tertiary/aromatic N) is 4. The van der Waals surface area contributed by atoms with E-state index in [-0.39, 0.29) is 6.04 Å². The van der Waals surface area contributed by atoms with Crippen LogP contribution in [0.2, 0.25) is 0 Å². The second kappa shape index (κ2) is 5.45. The number of imidazole rings is 1. The van der Waals surface area contributed by atoms with E-state index in [9.17, 15) is 0 Å². The summed E-state index contributed by atoms with van der Waals surface area (Å²) in [6.45, 7) is 3.86. The Morgan fingerprint density at radius 3 is 2.67 bits per heavy atom. The minimum Gasteiger partial charge on any atom is -0.348 e. The lowest BCUT2D eigenvalue weighted by atomic mass is 10.1. The largest absolute Gasteiger partial charge is 0.348 e. The van der Waals surface area contributed by atoms with Gasteiger partial charge in [-0.1, -0.05) is 5.16 Å². The van der Waals surface area contributed by atoms with Crippen molar-refractivity contribution in [2.24, 2.45) is 5.73 Å². The molecule has 0 radical (unpaired) electrons. The average Bonchev–Trinajstić information content (AvgIpc) is 3.08. The van der Waals surface area contributed by atoms with Gasteiger partial charge in [0, 0.05) is 35.3 Å². The van der Waals surface area contributed by atoms with E-state index in [0.717, 1.165) is 22.6 Å². The number of pyridine rings is 1. The molecule has 0 spiro atoms. The molecule has 108 valence electrons. The van der Waals surface area contributed by atoms with Crippen LogP contribution in [0.1, 0.15) is 29.0 Å². The normalized spacial score (nSPS) is 12.5. The van der Waals surface area contributed by atoms with Gasteiger partial charge in [-0.25, -0.2) is 4.98 Å². The number of rotatable bonds is 4. The molecule has 0 saturated heterocycles. The summed E-state index contributed by atoms with van der Waals surface area (Å²) in [6.07, 6.45) is 3.91. The summed E-state index contributed by atoms with van der Waals surface area (Å²) in [7, 11) is 0. The van der Waals surface area contributed by atoms with E-state index in [1.54, 1.807) is 12.5 Å². The molecule has 3 N–H and O–H groups in total. The number of hydrogen-bond donors (Lipinski definition) is 2. The molecule has 0 bridgehead atoms. The first-order chi connectivity index (χ1) is 10.1. The Hall–Kier alpha value is -2.54. The fourth-order valence-electron chi connectivity index (χ4n) is 2.19. The Morgan fingerprint density at radius 1 is 1.24 bits per heavy atom. The van der Waals surface area contributed by atoms with Gasteiger partial charge in [0.25, 0.3) is 0 Å². The third-order valence-corrected chi connectivity index (χ3v) is 3.09. The number of H-pyrrole nitrogens is 1. The third kappa shape index (κ3) is 2.97. The first-order valence-electron chi connectivity index (χ1n) is 6.64. The predicted octanol–water partition coefficient (Wildman–Crippen LogP) is 1.71. The number of aryl methyl sites for hydroxylation is 2. The molecule has 0 amide bonds. The molecule has 3 rings (SSSR count). The fourth-order valence-corrected chi connectivity index (χ4v) is 2.19. The summed E-state index contributed by atoms with van der Waals surface area (Å²) in [4.78, 5) is 15.7. The maximum absolute atomic E-state index is 6.08. The lowest BCUT2D eigenvalue weighted by Crippen LogP contribution is -2.14. The molecule has 0 aliphatic rings. The quantitative estimate of drug-likeness (QED) is 0.755. The van der Waals surface area contributed by atoms with Crippen LogP contribution < -0.4 is 5.73 Å². The van der Waals surface area contributed by atoms with Crippen molar-refractivity contribution in [1.29, 1.82) is 0 Å². The molecule has 0 aliphatic heterocycles. The van der Waals surface area contributed by atoms with Crippen molar-refractivity contribution >= 4 is 0 Å². The van der Waals surface area contributed by atoms with Crippen molar-refractivity contribution in [3.63, 3.8) is 0 Å². The monoisotopic (exact) mass is 284 g/mol. The zero-order valence-corrected chi connectivity index (χ0v) is 11.9. The summed E-state index contributed by atoms with van der Waals surface area (Å²) < 4.78 is 5.27. The Kier molecular flexibility index (Phi) is 3.49. The minimum absolute atomic E-state index is 0.365. The van der Waals surface area contributed by atoms with Gasteiger partial charge in [0.2, 0.25) is 11.7 Å². The molecule has 21 heavy (non-hydrogen) atoms. The lowest BCUT2D eigenvalue weighted by molar-refractivity contribution is 0.354. The second-order valence-electron chi connectivity index (χ2n) is 4.98. The van der Waals surface area contributed by atoms with Crippen molar-refractivity contribution < 1.29 is 4.52 Å². The van der Waals surface area contributed by atoms with Gasteiger partial charge in [0.15, 0.2) is 0 Å². The molecule has 0 saturated carbocycles. The molecule has 3 aromatic rings. The first kappa shape index (κ1) is 13.4. The second-order valence-corrected chi connectivity index (χ2v) is 4.98. The summed E-state index contributed by atoms with van der Waals surface area (Å²) in [5.41, 5.74) is 9.72. The highest BCUT2D eigenvalue weighted by Gasteiger charge is 2.17. The topological polar surface area (TPSA) is 107 Å². The lowest BCUT2D eigenvalue weighted by Gasteiger charge is -2.03. The number of aromatic amines is 1. The smallest absolute Gasteiger partial charge is 0.244 e. The Morgan fingerprint density at radius 2 is 2.00 bits per heavy atom. The van der Waals surface area contributed by atoms with Gasteiger partial charge in [-0.3, -0.25) is 4.98 Å². The van der Waals surface area contributed by atoms with Crippen molar-refractivity contribution in [2.45, 2.75) is 26.3 Å². The number of nitrogens with two attached hydrogens (primary N) is 1. The Bertz CT molecular complexity index is 714. The molecular formula is C14H16N6O. The molecular weight excluding hydrogens is 268 g/mol. The van der Waals surface area contributed by atoms with Crippen LogP contribution in [0.4, 0.5) is 0 Å². The molecule has 3 heterocycles. The first-order valence-corrected chi connectivity index (χ1v) is 6.64. The van der Waals surface area contributed by atoms with Crippen molar-refractivity contribution in [1.82, 2.24) is 25.1 Å². The highest BCUT2D eigenvalue weighted by atomic mass is 16.5. The highest BCUT2D eigenvalue weighted by molar-refractivity contribution is 5.55. The Balaban J connectivity index is 1.82. The van der Waals surface area contributed by atoms with Crippen molar-refractivity contribution in [2.75, 3.05) is 0 Å². The predicted molar refractivity (Wildman–Crippen MR) is 76.2 cm³/mol. The van der Waals surface area contributed by atoms with Crippen LogP contribution in [-0.4, -0.2) is 25.1 Å². The van der Waals surface area contributed by atoms with Gasteiger partial charge < -0.3 is 15.2 Å². The maximum Gasteiger partial charge on any atom is 0.244 e. The van der Waals surface area contributed by atoms with Crippen LogP contribution in [0, 0.1) is 13.8 Å². The van der Waals surface area contributed by atoms with Crippen LogP contribution in [0.25, 0.3) is 11.4 Å². The van der Waals surface area contributed by atoms with Crippen molar-refractivity contribution in [3.05, 3.63) is 47.6 Å². The number of aromatic nitrogens is 5. The van der Waals surface area contributed by atoms with Crippen LogP contribution in [0.5, 0.6) is 0 Å². The summed E-state index contributed by atoms with van der Waals surface area (Å²) in [6, 6.07) is 3.47. The van der Waals surface area contributed by atoms with Crippen LogP contribution in [0.3, 0.4) is 0 Å². The number of nitrogens with one attached hydrogen (secondary N) is 1. The summed E-state index contributed by atoms with van der Waals surface area (Å²) in [5, 5.41) is 4.00. The van der Waals surface area contributed by atoms with Gasteiger partial charge in [-0.05, 0) is 26.0 Å². The van der Waals surface area contributed by atoms with Crippen LogP contribution >= 0.6 is 0 Å². The van der Waals surface area contributed by atoms with Gasteiger partial charge in [-0.15, -0.1) is 0 Å². The molecule has 1 atom stereocenters. The summed E-state index contributed by atoms with van der Waals surface area (Å²) in [5.74, 6) is 0.936. The van der Waals surface area contributed by atoms with E-state index in [1.165, 1.54) is 0 Å². The molecule has 7 nitrogen and oxygen atoms in total. The molecule has 0 aliphatic carbocycles. The Labute approximate surface area is 121 Å². The van der Waals surface area contributed by atoms with Gasteiger partial charge in [0.1, 0.15) is 0 Å². The van der Waals surface area contributed by atoms with E-state index in [1.807, 2.05) is 26.0 Å². The van der Waals surface area contributed by atoms with E-state index >= 15 is 0 Å². The standard InChI is InChI=1S/C14H16N6O/c1-8-3-10(4-9(2)18-8)13-19-14(21-20-13)12(15)5-11-6-16-7-17-11/h3-4,6-7,12H,5,15H2,1-2H3,(H,16,17)/t12-/m1/s1. The van der Waals surface area contributed by atoms with Crippen LogP contribution in [0.15, 0.2) is 29.2 Å². The van der Waals surface area contributed by atoms with E-state index in [4.69, 9.17) is 10.3 Å². The maximum atomic E-state index is 6.08. The molecule has 3 aromatic heterocycles. The van der Waals surface area contributed by atoms with E-state index < -0.39 is 0 Å². The van der Waals surface area contributed by atoms with Crippen molar-refractivity contribution in [3.8, 4) is 11.4 Å². The van der Waals surface area contributed by atoms with E-state index in [0.29, 0.717) is 18.1 Å². The van der Waals surface area contributed by atoms with Gasteiger partial charge in [-0.2, -0.15) is 4.98 Å². The molecule has 7 heteroatoms. The minimum atomic E-state index is -0.365.